The Bertz CT molecular complexity index is 492. The highest BCUT2D eigenvalue weighted by Crippen LogP contribution is 2.29. The second-order valence-electron chi connectivity index (χ2n) is 5.66. The van der Waals surface area contributed by atoms with Gasteiger partial charge in [0.2, 0.25) is 0 Å². The monoisotopic (exact) mass is 269 g/mol. The number of rotatable bonds is 6. The minimum absolute atomic E-state index is 0.592. The molecule has 20 heavy (non-hydrogen) atoms. The van der Waals surface area contributed by atoms with E-state index >= 15 is 0 Å². The number of aryl methyl sites for hydroxylation is 1. The van der Waals surface area contributed by atoms with Crippen LogP contribution in [0.4, 0.5) is 0 Å². The highest BCUT2D eigenvalue weighted by atomic mass is 15.1. The lowest BCUT2D eigenvalue weighted by Gasteiger charge is -2.22. The highest BCUT2D eigenvalue weighted by Gasteiger charge is 2.27. The lowest BCUT2D eigenvalue weighted by atomic mass is 10.1. The summed E-state index contributed by atoms with van der Waals surface area (Å²) in [6, 6.07) is 11.9. The summed E-state index contributed by atoms with van der Waals surface area (Å²) in [6.45, 7) is 1.10. The van der Waals surface area contributed by atoms with Gasteiger partial charge in [-0.25, -0.2) is 4.98 Å². The van der Waals surface area contributed by atoms with Gasteiger partial charge in [-0.2, -0.15) is 0 Å². The normalized spacial score (nSPS) is 22.2. The maximum atomic E-state index is 4.17. The minimum Gasteiger partial charge on any atom is -0.333 e. The zero-order valence-corrected chi connectivity index (χ0v) is 11.9. The molecule has 3 rings (SSSR count). The molecular formula is C17H23N3. The predicted molar refractivity (Wildman–Crippen MR) is 81.7 cm³/mol. The molecule has 1 saturated carbocycles. The molecule has 106 valence electrons. The second kappa shape index (κ2) is 6.71. The Balaban J connectivity index is 1.44. The molecule has 0 bridgehead atoms. The molecule has 2 aromatic rings. The van der Waals surface area contributed by atoms with Gasteiger partial charge in [-0.15, -0.1) is 0 Å². The van der Waals surface area contributed by atoms with Gasteiger partial charge in [0.05, 0.1) is 6.33 Å². The first-order chi connectivity index (χ1) is 9.93. The Labute approximate surface area is 121 Å². The van der Waals surface area contributed by atoms with Crippen LogP contribution in [0.1, 0.15) is 37.3 Å². The van der Waals surface area contributed by atoms with Crippen LogP contribution in [0.25, 0.3) is 0 Å². The maximum absolute atomic E-state index is 4.17. The molecule has 0 radical (unpaired) electrons. The number of hydrogen-bond donors (Lipinski definition) is 1. The van der Waals surface area contributed by atoms with Gasteiger partial charge in [0.15, 0.2) is 0 Å². The van der Waals surface area contributed by atoms with Crippen LogP contribution in [0.15, 0.2) is 49.1 Å². The van der Waals surface area contributed by atoms with Crippen LogP contribution in [0, 0.1) is 0 Å². The molecule has 3 heteroatoms. The Hall–Kier alpha value is -1.61. The largest absolute Gasteiger partial charge is 0.333 e. The lowest BCUT2D eigenvalue weighted by Crippen LogP contribution is -2.34. The number of aromatic nitrogens is 2. The molecular weight excluding hydrogens is 246 g/mol. The van der Waals surface area contributed by atoms with E-state index in [1.54, 1.807) is 0 Å². The molecule has 0 spiro atoms. The van der Waals surface area contributed by atoms with Crippen LogP contribution in [-0.4, -0.2) is 22.1 Å². The van der Waals surface area contributed by atoms with Gasteiger partial charge < -0.3 is 9.88 Å². The zero-order valence-electron chi connectivity index (χ0n) is 11.9. The van der Waals surface area contributed by atoms with Crippen molar-refractivity contribution in [2.24, 2.45) is 0 Å². The molecule has 1 aromatic heterocycles. The van der Waals surface area contributed by atoms with Crippen LogP contribution < -0.4 is 5.32 Å². The summed E-state index contributed by atoms with van der Waals surface area (Å²) in [7, 11) is 0. The van der Waals surface area contributed by atoms with Gasteiger partial charge in [0, 0.05) is 24.5 Å². The van der Waals surface area contributed by atoms with E-state index in [9.17, 15) is 0 Å². The molecule has 2 unspecified atom stereocenters. The Kier molecular flexibility index (Phi) is 4.49. The summed E-state index contributed by atoms with van der Waals surface area (Å²) in [5.74, 6) is 0. The standard InChI is InChI=1S/C17H23N3/c1-2-6-15(7-3-1)8-5-11-19-16-9-4-10-17(16)20-13-12-18-14-20/h1-3,6-7,12-14,16-17,19H,4-5,8-11H2. The van der Waals surface area contributed by atoms with Crippen LogP contribution in [0.3, 0.4) is 0 Å². The van der Waals surface area contributed by atoms with Gasteiger partial charge >= 0.3 is 0 Å². The molecule has 1 fully saturated rings. The van der Waals surface area contributed by atoms with Gasteiger partial charge in [-0.1, -0.05) is 30.3 Å². The smallest absolute Gasteiger partial charge is 0.0949 e. The summed E-state index contributed by atoms with van der Waals surface area (Å²) in [6.07, 6.45) is 12.2. The second-order valence-corrected chi connectivity index (χ2v) is 5.66. The van der Waals surface area contributed by atoms with Crippen molar-refractivity contribution in [1.29, 1.82) is 0 Å². The van der Waals surface area contributed by atoms with Crippen molar-refractivity contribution >= 4 is 0 Å². The van der Waals surface area contributed by atoms with E-state index in [1.807, 2.05) is 12.5 Å². The van der Waals surface area contributed by atoms with Gasteiger partial charge in [-0.05, 0) is 44.2 Å². The third kappa shape index (κ3) is 3.28. The van der Waals surface area contributed by atoms with E-state index in [4.69, 9.17) is 0 Å². The Morgan fingerprint density at radius 3 is 2.90 bits per heavy atom. The van der Waals surface area contributed by atoms with Crippen molar-refractivity contribution in [2.75, 3.05) is 6.54 Å². The summed E-state index contributed by atoms with van der Waals surface area (Å²) >= 11 is 0. The van der Waals surface area contributed by atoms with Crippen molar-refractivity contribution in [2.45, 2.75) is 44.2 Å². The first kappa shape index (κ1) is 13.4. The molecule has 1 N–H and O–H groups in total. The van der Waals surface area contributed by atoms with E-state index in [-0.39, 0.29) is 0 Å². The Morgan fingerprint density at radius 2 is 2.10 bits per heavy atom. The first-order valence-electron chi connectivity index (χ1n) is 7.68. The fourth-order valence-corrected chi connectivity index (χ4v) is 3.23. The molecule has 1 aliphatic rings. The average Bonchev–Trinajstić information content (AvgIpc) is 3.15. The molecule has 3 nitrogen and oxygen atoms in total. The van der Waals surface area contributed by atoms with Gasteiger partial charge in [0.1, 0.15) is 0 Å². The van der Waals surface area contributed by atoms with Crippen molar-refractivity contribution in [3.05, 3.63) is 54.6 Å². The molecule has 0 saturated heterocycles. The fraction of sp³-hybridized carbons (Fsp3) is 0.471. The number of nitrogens with one attached hydrogen (secondary N) is 1. The quantitative estimate of drug-likeness (QED) is 0.816. The lowest BCUT2D eigenvalue weighted by molar-refractivity contribution is 0.390. The first-order valence-corrected chi connectivity index (χ1v) is 7.68. The molecule has 0 aliphatic heterocycles. The third-order valence-electron chi connectivity index (χ3n) is 4.28. The van der Waals surface area contributed by atoms with E-state index in [0.29, 0.717) is 12.1 Å². The van der Waals surface area contributed by atoms with Gasteiger partial charge in [0.25, 0.3) is 0 Å². The van der Waals surface area contributed by atoms with Crippen LogP contribution >= 0.6 is 0 Å². The molecule has 1 aromatic carbocycles. The summed E-state index contributed by atoms with van der Waals surface area (Å²) in [4.78, 5) is 4.17. The summed E-state index contributed by atoms with van der Waals surface area (Å²) in [5, 5.41) is 3.74. The van der Waals surface area contributed by atoms with E-state index < -0.39 is 0 Å². The van der Waals surface area contributed by atoms with E-state index in [1.165, 1.54) is 31.2 Å². The van der Waals surface area contributed by atoms with Crippen LogP contribution in [0.2, 0.25) is 0 Å². The average molecular weight is 269 g/mol. The number of imidazole rings is 1. The molecule has 2 atom stereocenters. The third-order valence-corrected chi connectivity index (χ3v) is 4.28. The topological polar surface area (TPSA) is 29.9 Å². The van der Waals surface area contributed by atoms with Crippen molar-refractivity contribution in [3.8, 4) is 0 Å². The molecule has 0 amide bonds. The number of benzene rings is 1. The van der Waals surface area contributed by atoms with E-state index in [0.717, 1.165) is 13.0 Å². The summed E-state index contributed by atoms with van der Waals surface area (Å²) in [5.41, 5.74) is 1.44. The van der Waals surface area contributed by atoms with Crippen molar-refractivity contribution in [1.82, 2.24) is 14.9 Å². The maximum Gasteiger partial charge on any atom is 0.0949 e. The zero-order chi connectivity index (χ0) is 13.6. The molecule has 1 heterocycles. The minimum atomic E-state index is 0.592. The number of nitrogens with zero attached hydrogens (tertiary/aromatic N) is 2. The fourth-order valence-electron chi connectivity index (χ4n) is 3.23. The molecule has 1 aliphatic carbocycles. The highest BCUT2D eigenvalue weighted by molar-refractivity contribution is 5.14. The van der Waals surface area contributed by atoms with Crippen LogP contribution in [-0.2, 0) is 6.42 Å². The van der Waals surface area contributed by atoms with Crippen molar-refractivity contribution in [3.63, 3.8) is 0 Å². The van der Waals surface area contributed by atoms with Crippen LogP contribution in [0.5, 0.6) is 0 Å². The summed E-state index contributed by atoms with van der Waals surface area (Å²) < 4.78 is 2.27. The predicted octanol–water partition coefficient (Wildman–Crippen LogP) is 3.20. The Morgan fingerprint density at radius 1 is 1.20 bits per heavy atom. The van der Waals surface area contributed by atoms with Crippen molar-refractivity contribution < 1.29 is 0 Å². The van der Waals surface area contributed by atoms with E-state index in [2.05, 4.69) is 51.4 Å². The SMILES string of the molecule is c1ccc(CCCNC2CCCC2n2ccnc2)cc1. The van der Waals surface area contributed by atoms with Gasteiger partial charge in [-0.3, -0.25) is 0 Å². The number of hydrogen-bond acceptors (Lipinski definition) is 2.